The zero-order valence-electron chi connectivity index (χ0n) is 27.5. The number of imidazole rings is 1. The number of aliphatic hydroxyl groups is 1. The third kappa shape index (κ3) is 6.22. The molecule has 1 aliphatic rings. The highest BCUT2D eigenvalue weighted by Crippen LogP contribution is 2.43. The van der Waals surface area contributed by atoms with Crippen molar-refractivity contribution in [2.45, 2.75) is 44.3 Å². The number of nitrogens with zero attached hydrogens (tertiary/aromatic N) is 3. The summed E-state index contributed by atoms with van der Waals surface area (Å²) in [6.07, 6.45) is -2.92. The van der Waals surface area contributed by atoms with E-state index in [0.717, 1.165) is 16.7 Å². The number of ether oxygens (including phenoxy) is 4. The summed E-state index contributed by atoms with van der Waals surface area (Å²) in [6.45, 7) is 3.24. The summed E-state index contributed by atoms with van der Waals surface area (Å²) in [5.41, 5.74) is 0.779. The number of anilines is 1. The first kappa shape index (κ1) is 30.6. The van der Waals surface area contributed by atoms with Gasteiger partial charge in [0.1, 0.15) is 29.4 Å². The molecule has 1 aliphatic heterocycles. The molecule has 244 valence electrons. The average Bonchev–Trinajstić information content (AvgIpc) is 3.66. The number of carbonyl (C=O) groups excluding carboxylic acids is 1. The Morgan fingerprint density at radius 2 is 1.64 bits per heavy atom. The molecule has 0 unspecified atom stereocenters. The van der Waals surface area contributed by atoms with Crippen LogP contribution in [0.25, 0.3) is 11.2 Å². The Morgan fingerprint density at radius 1 is 1.04 bits per heavy atom. The summed E-state index contributed by atoms with van der Waals surface area (Å²) in [4.78, 5) is 36.2. The molecule has 1 amide bonds. The molecular formula is C35H37N5O7. The lowest BCUT2D eigenvalue weighted by Gasteiger charge is -2.37. The fourth-order valence-corrected chi connectivity index (χ4v) is 5.66. The summed E-state index contributed by atoms with van der Waals surface area (Å²) in [6, 6.07) is 24.7. The molecule has 3 heterocycles. The number of benzene rings is 3. The van der Waals surface area contributed by atoms with Gasteiger partial charge in [0.2, 0.25) is 11.9 Å². The van der Waals surface area contributed by atoms with Crippen LogP contribution in [0.3, 0.4) is 0 Å². The van der Waals surface area contributed by atoms with Crippen LogP contribution < -0.4 is 20.3 Å². The smallest absolute Gasteiger partial charge is 0.280 e. The average molecular weight is 641 g/mol. The van der Waals surface area contributed by atoms with E-state index in [2.05, 4.69) is 20.3 Å². The molecule has 2 aromatic heterocycles. The Hall–Kier alpha value is -5.04. The second-order valence-corrected chi connectivity index (χ2v) is 11.5. The van der Waals surface area contributed by atoms with Crippen molar-refractivity contribution in [2.24, 2.45) is 5.92 Å². The first-order valence-electron chi connectivity index (χ1n) is 15.7. The van der Waals surface area contributed by atoms with Crippen LogP contribution in [0, 0.1) is 5.92 Å². The fraction of sp³-hybridized carbons (Fsp3) is 0.314. The minimum absolute atomic E-state index is 0.0245. The number of hydrogen-bond acceptors (Lipinski definition) is 9. The molecular weight excluding hydrogens is 602 g/mol. The third-order valence-electron chi connectivity index (χ3n) is 8.21. The second-order valence-electron chi connectivity index (χ2n) is 11.5. The lowest BCUT2D eigenvalue weighted by atomic mass is 9.80. The van der Waals surface area contributed by atoms with Crippen LogP contribution in [0.4, 0.5) is 5.95 Å². The largest absolute Gasteiger partial charge is 0.497 e. The molecule has 0 bridgehead atoms. The van der Waals surface area contributed by atoms with Gasteiger partial charge in [-0.1, -0.05) is 68.4 Å². The van der Waals surface area contributed by atoms with E-state index in [-0.39, 0.29) is 42.0 Å². The predicted octanol–water partition coefficient (Wildman–Crippen LogP) is 4.39. The highest BCUT2D eigenvalue weighted by atomic mass is 16.6. The van der Waals surface area contributed by atoms with Crippen molar-refractivity contribution in [3.8, 4) is 11.5 Å². The van der Waals surface area contributed by atoms with Crippen molar-refractivity contribution in [2.75, 3.05) is 26.1 Å². The van der Waals surface area contributed by atoms with Crippen LogP contribution in [0.2, 0.25) is 0 Å². The van der Waals surface area contributed by atoms with E-state index >= 15 is 0 Å². The Labute approximate surface area is 272 Å². The van der Waals surface area contributed by atoms with Gasteiger partial charge in [-0.25, -0.2) is 4.98 Å². The van der Waals surface area contributed by atoms with Gasteiger partial charge in [0, 0.05) is 12.3 Å². The van der Waals surface area contributed by atoms with E-state index < -0.39 is 29.6 Å². The molecule has 0 spiro atoms. The van der Waals surface area contributed by atoms with Crippen molar-refractivity contribution >= 4 is 23.0 Å². The molecule has 3 atom stereocenters. The number of nitrogens with one attached hydrogen (secondary N) is 2. The van der Waals surface area contributed by atoms with Crippen molar-refractivity contribution in [1.29, 1.82) is 0 Å². The molecule has 1 fully saturated rings. The number of aromatic nitrogens is 4. The SMILES string of the molecule is [2H][C@]1(O)C[C@H](n2cnc3c(=O)[nH]c(NC(=O)C(C)C)nc32)O[C@@H]1COC(c1ccccc1)(c1ccc(OC)cc1)c1ccc(OC)cc1. The number of carbonyl (C=O) groups is 1. The van der Waals surface area contributed by atoms with Crippen molar-refractivity contribution in [1.82, 2.24) is 19.5 Å². The molecule has 5 aromatic rings. The van der Waals surface area contributed by atoms with Crippen LogP contribution in [0.5, 0.6) is 11.5 Å². The molecule has 3 aromatic carbocycles. The van der Waals surface area contributed by atoms with Gasteiger partial charge in [-0.2, -0.15) is 4.98 Å². The Balaban J connectivity index is 1.36. The molecule has 0 radical (unpaired) electrons. The van der Waals surface area contributed by atoms with E-state index in [9.17, 15) is 14.7 Å². The maximum atomic E-state index is 12.8. The maximum Gasteiger partial charge on any atom is 0.280 e. The molecule has 47 heavy (non-hydrogen) atoms. The molecule has 12 heteroatoms. The van der Waals surface area contributed by atoms with E-state index in [4.69, 9.17) is 20.3 Å². The Kier molecular flexibility index (Phi) is 8.70. The summed E-state index contributed by atoms with van der Waals surface area (Å²) in [5.74, 6) is 0.634. The number of rotatable bonds is 11. The van der Waals surface area contributed by atoms with Gasteiger partial charge in [0.15, 0.2) is 11.2 Å². The molecule has 0 saturated carbocycles. The molecule has 12 nitrogen and oxygen atoms in total. The lowest BCUT2D eigenvalue weighted by Crippen LogP contribution is -2.38. The first-order valence-corrected chi connectivity index (χ1v) is 15.2. The summed E-state index contributed by atoms with van der Waals surface area (Å²) >= 11 is 0. The van der Waals surface area contributed by atoms with Crippen LogP contribution in [0.1, 0.15) is 44.6 Å². The number of amides is 1. The normalized spacial score (nSPS) is 19.9. The van der Waals surface area contributed by atoms with Crippen LogP contribution in [-0.4, -0.2) is 63.5 Å². The van der Waals surface area contributed by atoms with Gasteiger partial charge in [0.05, 0.1) is 34.6 Å². The molecule has 1 saturated heterocycles. The van der Waals surface area contributed by atoms with Gasteiger partial charge in [0.25, 0.3) is 5.56 Å². The van der Waals surface area contributed by atoms with Crippen LogP contribution in [-0.2, 0) is 19.9 Å². The summed E-state index contributed by atoms with van der Waals surface area (Å²) < 4.78 is 34.4. The number of aromatic amines is 1. The van der Waals surface area contributed by atoms with Crippen LogP contribution >= 0.6 is 0 Å². The fourth-order valence-electron chi connectivity index (χ4n) is 5.66. The van der Waals surface area contributed by atoms with Gasteiger partial charge in [-0.15, -0.1) is 0 Å². The number of H-pyrrole nitrogens is 1. The van der Waals surface area contributed by atoms with E-state index in [1.54, 1.807) is 28.1 Å². The number of fused-ring (bicyclic) bond motifs is 1. The molecule has 3 N–H and O–H groups in total. The molecule has 0 aliphatic carbocycles. The summed E-state index contributed by atoms with van der Waals surface area (Å²) in [7, 11) is 3.19. The third-order valence-corrected chi connectivity index (χ3v) is 8.21. The van der Waals surface area contributed by atoms with Gasteiger partial charge in [-0.3, -0.25) is 24.5 Å². The van der Waals surface area contributed by atoms with E-state index in [0.29, 0.717) is 11.5 Å². The highest BCUT2D eigenvalue weighted by Gasteiger charge is 2.42. The minimum Gasteiger partial charge on any atom is -0.497 e. The minimum atomic E-state index is -2.08. The summed E-state index contributed by atoms with van der Waals surface area (Å²) in [5, 5.41) is 14.0. The standard InChI is InChI=1S/C35H37N5O7/c1-21(2)32(42)38-34-37-31-30(33(43)39-34)36-20-40(31)29-18-27(41)28(47-29)19-46-35(22-8-6-5-7-9-22,23-10-14-25(44-3)15-11-23)24-12-16-26(45-4)17-13-24/h5-17,20-21,27-29,41H,18-19H2,1-4H3,(H2,37,38,39,42,43)/t27-,28+,29+/m0/s1/i27D. The topological polar surface area (TPSA) is 150 Å². The van der Waals surface area contributed by atoms with Crippen LogP contribution in [0.15, 0.2) is 90.0 Å². The predicted molar refractivity (Wildman–Crippen MR) is 174 cm³/mol. The Morgan fingerprint density at radius 3 is 2.21 bits per heavy atom. The first-order chi connectivity index (χ1) is 23.1. The second kappa shape index (κ2) is 13.4. The highest BCUT2D eigenvalue weighted by molar-refractivity contribution is 5.91. The molecule has 6 rings (SSSR count). The lowest BCUT2D eigenvalue weighted by molar-refractivity contribution is -0.118. The Bertz CT molecular complexity index is 1900. The maximum absolute atomic E-state index is 12.8. The van der Waals surface area contributed by atoms with E-state index in [1.165, 1.54) is 10.9 Å². The van der Waals surface area contributed by atoms with Gasteiger partial charge >= 0.3 is 0 Å². The zero-order valence-corrected chi connectivity index (χ0v) is 26.5. The van der Waals surface area contributed by atoms with Crippen molar-refractivity contribution < 1.29 is 30.2 Å². The van der Waals surface area contributed by atoms with Gasteiger partial charge in [-0.05, 0) is 41.0 Å². The zero-order chi connectivity index (χ0) is 34.1. The quantitative estimate of drug-likeness (QED) is 0.179. The number of methoxy groups -OCH3 is 2. The van der Waals surface area contributed by atoms with Gasteiger partial charge < -0.3 is 24.1 Å². The van der Waals surface area contributed by atoms with Crippen molar-refractivity contribution in [3.63, 3.8) is 0 Å². The van der Waals surface area contributed by atoms with Crippen molar-refractivity contribution in [3.05, 3.63) is 112 Å². The van der Waals surface area contributed by atoms with E-state index in [1.807, 2.05) is 78.9 Å². The number of hydrogen-bond donors (Lipinski definition) is 3. The monoisotopic (exact) mass is 640 g/mol.